The summed E-state index contributed by atoms with van der Waals surface area (Å²) in [5, 5.41) is 8.35. The Morgan fingerprint density at radius 2 is 1.86 bits per heavy atom. The zero-order chi connectivity index (χ0) is 13.1. The monoisotopic (exact) mass is 201 g/mol. The predicted octanol–water partition coefficient (Wildman–Crippen LogP) is 3.77. The minimum Gasteiger partial charge on any atom is -0.478 e. The standard InChI is InChI=1S/C12H22O2/c1-2-3-4-5-6-7-8-9-10-11-12(13)14/h10-11H,2-9H2,1H3,(H,13,14)/i1D3. The Balaban J connectivity index is 3.17. The lowest BCUT2D eigenvalue weighted by Gasteiger charge is -1.98. The minimum atomic E-state index is -1.78. The van der Waals surface area contributed by atoms with Gasteiger partial charge in [0.15, 0.2) is 0 Å². The molecule has 0 bridgehead atoms. The maximum absolute atomic E-state index is 10.2. The van der Waals surface area contributed by atoms with Gasteiger partial charge < -0.3 is 5.11 Å². The van der Waals surface area contributed by atoms with Crippen LogP contribution >= 0.6 is 0 Å². The first kappa shape index (κ1) is 8.51. The molecule has 0 fully saturated rings. The molecule has 2 heteroatoms. The average molecular weight is 201 g/mol. The van der Waals surface area contributed by atoms with Crippen molar-refractivity contribution in [1.82, 2.24) is 0 Å². The van der Waals surface area contributed by atoms with Crippen molar-refractivity contribution in [3.63, 3.8) is 0 Å². The van der Waals surface area contributed by atoms with E-state index in [0.717, 1.165) is 44.9 Å². The van der Waals surface area contributed by atoms with Crippen LogP contribution in [0.4, 0.5) is 0 Å². The van der Waals surface area contributed by atoms with Crippen molar-refractivity contribution >= 4 is 5.97 Å². The average Bonchev–Trinajstić information content (AvgIpc) is 2.18. The quantitative estimate of drug-likeness (QED) is 0.455. The number of hydrogen-bond donors (Lipinski definition) is 1. The van der Waals surface area contributed by atoms with Gasteiger partial charge in [-0.2, -0.15) is 0 Å². The summed E-state index contributed by atoms with van der Waals surface area (Å²) >= 11 is 0. The number of carboxylic acids is 1. The molecule has 0 aliphatic carbocycles. The molecule has 1 N–H and O–H groups in total. The van der Waals surface area contributed by atoms with Crippen LogP contribution < -0.4 is 0 Å². The molecule has 0 rings (SSSR count). The van der Waals surface area contributed by atoms with E-state index in [1.54, 1.807) is 6.08 Å². The third-order valence-electron chi connectivity index (χ3n) is 2.06. The van der Waals surface area contributed by atoms with Crippen LogP contribution in [0.3, 0.4) is 0 Å². The van der Waals surface area contributed by atoms with Gasteiger partial charge in [-0.05, 0) is 12.8 Å². The number of rotatable bonds is 9. The Morgan fingerprint density at radius 1 is 1.21 bits per heavy atom. The fourth-order valence-electron chi connectivity index (χ4n) is 1.28. The van der Waals surface area contributed by atoms with Crippen LogP contribution in [0.15, 0.2) is 12.2 Å². The highest BCUT2D eigenvalue weighted by atomic mass is 16.4. The van der Waals surface area contributed by atoms with Crippen LogP contribution in [0.5, 0.6) is 0 Å². The van der Waals surface area contributed by atoms with E-state index in [0.29, 0.717) is 6.42 Å². The van der Waals surface area contributed by atoms with Gasteiger partial charge in [0, 0.05) is 10.2 Å². The van der Waals surface area contributed by atoms with Crippen molar-refractivity contribution in [3.8, 4) is 0 Å². The van der Waals surface area contributed by atoms with Crippen LogP contribution in [0.1, 0.15) is 62.3 Å². The molecule has 0 aromatic rings. The van der Waals surface area contributed by atoms with Gasteiger partial charge in [0.1, 0.15) is 0 Å². The number of carboxylic acid groups (broad SMARTS) is 1. The van der Waals surface area contributed by atoms with E-state index in [-0.39, 0.29) is 0 Å². The van der Waals surface area contributed by atoms with Gasteiger partial charge in [-0.3, -0.25) is 0 Å². The molecule has 0 atom stereocenters. The van der Waals surface area contributed by atoms with E-state index in [1.807, 2.05) is 0 Å². The molecule has 82 valence electrons. The Labute approximate surface area is 91.2 Å². The fraction of sp³-hybridized carbons (Fsp3) is 0.750. The Morgan fingerprint density at radius 3 is 2.50 bits per heavy atom. The van der Waals surface area contributed by atoms with Crippen molar-refractivity contribution < 1.29 is 14.0 Å². The van der Waals surface area contributed by atoms with Crippen LogP contribution in [0.2, 0.25) is 0 Å². The summed E-state index contributed by atoms with van der Waals surface area (Å²) in [6.07, 6.45) is 9.98. The van der Waals surface area contributed by atoms with Crippen LogP contribution in [0.25, 0.3) is 0 Å². The molecule has 0 aliphatic rings. The third kappa shape index (κ3) is 11.2. The fourth-order valence-corrected chi connectivity index (χ4v) is 1.28. The Hall–Kier alpha value is -0.790. The second-order valence-electron chi connectivity index (χ2n) is 3.40. The largest absolute Gasteiger partial charge is 0.478 e. The summed E-state index contributed by atoms with van der Waals surface area (Å²) in [4.78, 5) is 10.2. The highest BCUT2D eigenvalue weighted by molar-refractivity contribution is 5.79. The van der Waals surface area contributed by atoms with Crippen molar-refractivity contribution in [2.75, 3.05) is 0 Å². The number of unbranched alkanes of at least 4 members (excludes halogenated alkanes) is 6. The molecule has 0 aliphatic heterocycles. The second kappa shape index (κ2) is 10.3. The van der Waals surface area contributed by atoms with Crippen molar-refractivity contribution in [2.45, 2.75) is 58.2 Å². The topological polar surface area (TPSA) is 37.3 Å². The van der Waals surface area contributed by atoms with E-state index < -0.39 is 12.8 Å². The van der Waals surface area contributed by atoms with Crippen molar-refractivity contribution in [3.05, 3.63) is 12.2 Å². The van der Waals surface area contributed by atoms with Gasteiger partial charge in [0.2, 0.25) is 0 Å². The van der Waals surface area contributed by atoms with Gasteiger partial charge in [-0.15, -0.1) is 0 Å². The Bertz CT molecular complexity index is 234. The maximum Gasteiger partial charge on any atom is 0.327 e. The van der Waals surface area contributed by atoms with Gasteiger partial charge in [0.05, 0.1) is 0 Å². The number of aliphatic carboxylic acids is 1. The molecule has 0 unspecified atom stereocenters. The number of allylic oxidation sites excluding steroid dienone is 1. The van der Waals surface area contributed by atoms with E-state index in [4.69, 9.17) is 9.22 Å². The SMILES string of the molecule is [2H]C([2H])([2H])CCCCCCCCC=CC(=O)O. The molecule has 0 aromatic carbocycles. The first-order chi connectivity index (χ1) is 7.92. The van der Waals surface area contributed by atoms with Gasteiger partial charge in [-0.1, -0.05) is 51.5 Å². The summed E-state index contributed by atoms with van der Waals surface area (Å²) in [5.74, 6) is -0.894. The Kier molecular flexibility index (Phi) is 6.26. The van der Waals surface area contributed by atoms with E-state index in [9.17, 15) is 4.79 Å². The number of hydrogen-bond acceptors (Lipinski definition) is 1. The summed E-state index contributed by atoms with van der Waals surface area (Å²) in [6.45, 7) is -1.78. The molecular weight excluding hydrogens is 176 g/mol. The smallest absolute Gasteiger partial charge is 0.327 e. The van der Waals surface area contributed by atoms with E-state index in [1.165, 1.54) is 6.08 Å². The molecule has 2 nitrogen and oxygen atoms in total. The zero-order valence-corrected chi connectivity index (χ0v) is 8.67. The normalized spacial score (nSPS) is 15.0. The van der Waals surface area contributed by atoms with Gasteiger partial charge in [0.25, 0.3) is 0 Å². The molecule has 0 heterocycles. The first-order valence-electron chi connectivity index (χ1n) is 6.81. The predicted molar refractivity (Wildman–Crippen MR) is 59.4 cm³/mol. The third-order valence-corrected chi connectivity index (χ3v) is 2.06. The summed E-state index contributed by atoms with van der Waals surface area (Å²) < 4.78 is 21.1. The molecule has 0 spiro atoms. The lowest BCUT2D eigenvalue weighted by atomic mass is 10.1. The molecular formula is C12H22O2. The van der Waals surface area contributed by atoms with Gasteiger partial charge in [-0.25, -0.2) is 4.79 Å². The number of carbonyl (C=O) groups is 1. The minimum absolute atomic E-state index is 0.314. The zero-order valence-electron chi connectivity index (χ0n) is 11.7. The summed E-state index contributed by atoms with van der Waals surface area (Å²) in [7, 11) is 0. The van der Waals surface area contributed by atoms with Crippen molar-refractivity contribution in [2.24, 2.45) is 0 Å². The highest BCUT2D eigenvalue weighted by Crippen LogP contribution is 2.08. The van der Waals surface area contributed by atoms with Crippen LogP contribution in [-0.2, 0) is 4.79 Å². The maximum atomic E-state index is 10.2. The molecule has 0 radical (unpaired) electrons. The van der Waals surface area contributed by atoms with E-state index in [2.05, 4.69) is 0 Å². The summed E-state index contributed by atoms with van der Waals surface area (Å²) in [6, 6.07) is 0. The van der Waals surface area contributed by atoms with Gasteiger partial charge >= 0.3 is 5.97 Å². The molecule has 14 heavy (non-hydrogen) atoms. The molecule has 0 amide bonds. The van der Waals surface area contributed by atoms with Crippen LogP contribution in [-0.4, -0.2) is 11.1 Å². The lowest BCUT2D eigenvalue weighted by molar-refractivity contribution is -0.131. The second-order valence-corrected chi connectivity index (χ2v) is 3.40. The van der Waals surface area contributed by atoms with E-state index >= 15 is 0 Å². The molecule has 0 saturated heterocycles. The molecule has 0 saturated carbocycles. The lowest BCUT2D eigenvalue weighted by Crippen LogP contribution is -1.85. The first-order valence-corrected chi connectivity index (χ1v) is 5.31. The molecule has 0 aromatic heterocycles. The highest BCUT2D eigenvalue weighted by Gasteiger charge is 1.90. The summed E-state index contributed by atoms with van der Waals surface area (Å²) in [5.41, 5.74) is 0. The van der Waals surface area contributed by atoms with Crippen LogP contribution in [0, 0.1) is 0 Å². The van der Waals surface area contributed by atoms with Crippen molar-refractivity contribution in [1.29, 1.82) is 0 Å².